The first-order chi connectivity index (χ1) is 20.5. The molecule has 0 aliphatic carbocycles. The third-order valence-electron chi connectivity index (χ3n) is 8.88. The van der Waals surface area contributed by atoms with E-state index in [-0.39, 0.29) is 16.6 Å². The average molecular weight is 560 g/mol. The second kappa shape index (κ2) is 9.67. The molecule has 0 radical (unpaired) electrons. The zero-order valence-electron chi connectivity index (χ0n) is 25.8. The molecule has 0 N–H and O–H groups in total. The van der Waals surface area contributed by atoms with Crippen molar-refractivity contribution in [1.82, 2.24) is 4.57 Å². The van der Waals surface area contributed by atoms with Gasteiger partial charge in [-0.2, -0.15) is 0 Å². The predicted molar refractivity (Wildman–Crippen MR) is 183 cm³/mol. The quantitative estimate of drug-likeness (QED) is 0.156. The molecule has 7 aromatic rings. The number of hydrogen-bond donors (Lipinski definition) is 0. The zero-order valence-corrected chi connectivity index (χ0v) is 25.8. The molecule has 0 spiro atoms. The van der Waals surface area contributed by atoms with Gasteiger partial charge in [0.1, 0.15) is 0 Å². The molecule has 1 aromatic heterocycles. The molecule has 2 heteroatoms. The molecule has 0 aliphatic rings. The number of aromatic nitrogens is 1. The Kier molecular flexibility index (Phi) is 6.11. The monoisotopic (exact) mass is 559 g/mol. The highest BCUT2D eigenvalue weighted by Crippen LogP contribution is 2.38. The molecule has 7 rings (SSSR count). The Balaban J connectivity index is 1.39. The first-order valence-electron chi connectivity index (χ1n) is 15.2. The van der Waals surface area contributed by atoms with Crippen molar-refractivity contribution in [1.29, 1.82) is 0 Å². The number of hydrogen-bond acceptors (Lipinski definition) is 1. The number of carbonyl (C=O) groups is 1. The Morgan fingerprint density at radius 2 is 0.977 bits per heavy atom. The minimum Gasteiger partial charge on any atom is -0.309 e. The minimum atomic E-state index is 0.0476. The molecule has 212 valence electrons. The summed E-state index contributed by atoms with van der Waals surface area (Å²) in [5.41, 5.74) is 7.61. The van der Waals surface area contributed by atoms with E-state index >= 15 is 0 Å². The fraction of sp³-hybridized carbons (Fsp3) is 0.195. The first kappa shape index (κ1) is 27.2. The van der Waals surface area contributed by atoms with Crippen LogP contribution < -0.4 is 0 Å². The number of nitrogens with zero attached hydrogens (tertiary/aromatic N) is 1. The van der Waals surface area contributed by atoms with Crippen LogP contribution in [0.4, 0.5) is 0 Å². The van der Waals surface area contributed by atoms with E-state index in [0.717, 1.165) is 32.8 Å². The molecule has 0 fully saturated rings. The van der Waals surface area contributed by atoms with Crippen LogP contribution in [-0.4, -0.2) is 10.4 Å². The van der Waals surface area contributed by atoms with Crippen molar-refractivity contribution in [3.8, 4) is 5.69 Å². The summed E-state index contributed by atoms with van der Waals surface area (Å²) >= 11 is 0. The Morgan fingerprint density at radius 3 is 1.44 bits per heavy atom. The van der Waals surface area contributed by atoms with Gasteiger partial charge >= 0.3 is 0 Å². The number of benzene rings is 6. The average Bonchev–Trinajstić information content (AvgIpc) is 3.32. The SMILES string of the molecule is CC(C)(C)c1ccc2c(c1)c1cc(C(C)(C)C)ccc1n2-c1ccc(C(=O)c2c3ccccc3cc3ccccc23)cc1. The van der Waals surface area contributed by atoms with E-state index in [4.69, 9.17) is 0 Å². The van der Waals surface area contributed by atoms with Crippen LogP contribution in [0.25, 0.3) is 49.0 Å². The number of rotatable bonds is 3. The number of fused-ring (bicyclic) bond motifs is 5. The van der Waals surface area contributed by atoms with Crippen molar-refractivity contribution >= 4 is 49.1 Å². The van der Waals surface area contributed by atoms with Gasteiger partial charge in [0.25, 0.3) is 0 Å². The van der Waals surface area contributed by atoms with E-state index in [9.17, 15) is 4.79 Å². The maximum absolute atomic E-state index is 14.2. The summed E-state index contributed by atoms with van der Waals surface area (Å²) in [5.74, 6) is 0.0476. The lowest BCUT2D eigenvalue weighted by Gasteiger charge is -2.19. The Labute approximate surface area is 253 Å². The summed E-state index contributed by atoms with van der Waals surface area (Å²) in [6.07, 6.45) is 0. The van der Waals surface area contributed by atoms with Gasteiger partial charge in [0.15, 0.2) is 5.78 Å². The van der Waals surface area contributed by atoms with E-state index in [1.807, 2.05) is 36.4 Å². The largest absolute Gasteiger partial charge is 0.309 e. The number of carbonyl (C=O) groups excluding carboxylic acids is 1. The van der Waals surface area contributed by atoms with E-state index in [1.54, 1.807) is 0 Å². The Morgan fingerprint density at radius 1 is 0.512 bits per heavy atom. The summed E-state index contributed by atoms with van der Waals surface area (Å²) in [4.78, 5) is 14.2. The van der Waals surface area contributed by atoms with Crippen molar-refractivity contribution in [2.45, 2.75) is 52.4 Å². The summed E-state index contributed by atoms with van der Waals surface area (Å²) < 4.78 is 2.34. The Hall–Kier alpha value is -4.69. The molecule has 0 saturated carbocycles. The molecule has 0 unspecified atom stereocenters. The third-order valence-corrected chi connectivity index (χ3v) is 8.88. The second-order valence-corrected chi connectivity index (χ2v) is 13.9. The second-order valence-electron chi connectivity index (χ2n) is 13.9. The fourth-order valence-corrected chi connectivity index (χ4v) is 6.40. The van der Waals surface area contributed by atoms with E-state index in [0.29, 0.717) is 5.56 Å². The highest BCUT2D eigenvalue weighted by Gasteiger charge is 2.22. The summed E-state index contributed by atoms with van der Waals surface area (Å²) in [7, 11) is 0. The molecule has 6 aromatic carbocycles. The molecule has 43 heavy (non-hydrogen) atoms. The van der Waals surface area contributed by atoms with Crippen molar-refractivity contribution in [3.63, 3.8) is 0 Å². The third kappa shape index (κ3) is 4.53. The predicted octanol–water partition coefficient (Wildman–Crippen LogP) is 10.9. The van der Waals surface area contributed by atoms with Crippen molar-refractivity contribution in [2.24, 2.45) is 0 Å². The van der Waals surface area contributed by atoms with Crippen LogP contribution in [-0.2, 0) is 10.8 Å². The van der Waals surface area contributed by atoms with Crippen LogP contribution in [0.15, 0.2) is 115 Å². The van der Waals surface area contributed by atoms with E-state index < -0.39 is 0 Å². The topological polar surface area (TPSA) is 22.0 Å². The van der Waals surface area contributed by atoms with Crippen molar-refractivity contribution < 1.29 is 4.79 Å². The number of ketones is 1. The van der Waals surface area contributed by atoms with Gasteiger partial charge < -0.3 is 4.57 Å². The maximum Gasteiger partial charge on any atom is 0.194 e. The minimum absolute atomic E-state index is 0.0476. The fourth-order valence-electron chi connectivity index (χ4n) is 6.40. The lowest BCUT2D eigenvalue weighted by atomic mass is 9.85. The first-order valence-corrected chi connectivity index (χ1v) is 15.2. The van der Waals surface area contributed by atoms with Crippen LogP contribution in [0.5, 0.6) is 0 Å². The zero-order chi connectivity index (χ0) is 30.1. The molecule has 0 saturated heterocycles. The molecular formula is C41H37NO. The van der Waals surface area contributed by atoms with Crippen LogP contribution in [0.2, 0.25) is 0 Å². The van der Waals surface area contributed by atoms with Gasteiger partial charge in [-0.3, -0.25) is 4.79 Å². The summed E-state index contributed by atoms with van der Waals surface area (Å²) in [5, 5.41) is 6.65. The molecule has 0 aliphatic heterocycles. The van der Waals surface area contributed by atoms with Gasteiger partial charge in [-0.15, -0.1) is 0 Å². The van der Waals surface area contributed by atoms with E-state index in [2.05, 4.69) is 125 Å². The van der Waals surface area contributed by atoms with E-state index in [1.165, 1.54) is 32.9 Å². The van der Waals surface area contributed by atoms with Gasteiger partial charge in [0.2, 0.25) is 0 Å². The Bertz CT molecular complexity index is 2070. The highest BCUT2D eigenvalue weighted by molar-refractivity contribution is 6.24. The molecule has 0 amide bonds. The lowest BCUT2D eigenvalue weighted by molar-refractivity contribution is 0.104. The molecular weight excluding hydrogens is 522 g/mol. The van der Waals surface area contributed by atoms with Crippen LogP contribution in [0.3, 0.4) is 0 Å². The van der Waals surface area contributed by atoms with Crippen LogP contribution in [0.1, 0.15) is 68.6 Å². The normalized spacial score (nSPS) is 12.5. The smallest absolute Gasteiger partial charge is 0.194 e. The summed E-state index contributed by atoms with van der Waals surface area (Å²) in [6.45, 7) is 13.6. The molecule has 1 heterocycles. The molecule has 2 nitrogen and oxygen atoms in total. The van der Waals surface area contributed by atoms with Crippen molar-refractivity contribution in [3.05, 3.63) is 138 Å². The molecule has 0 atom stereocenters. The highest BCUT2D eigenvalue weighted by atomic mass is 16.1. The van der Waals surface area contributed by atoms with Gasteiger partial charge in [-0.05, 0) is 98.1 Å². The standard InChI is InChI=1S/C41H37NO/c1-40(2,3)29-17-21-36-34(24-29)35-25-30(41(4,5)6)18-22-37(35)42(36)31-19-15-26(16-20-31)39(43)38-32-13-9-7-11-27(32)23-28-12-8-10-14-33(28)38/h7-25H,1-6H3. The van der Waals surface area contributed by atoms with Gasteiger partial charge in [0, 0.05) is 27.6 Å². The maximum atomic E-state index is 14.2. The van der Waals surface area contributed by atoms with Crippen molar-refractivity contribution in [2.75, 3.05) is 0 Å². The molecule has 0 bridgehead atoms. The van der Waals surface area contributed by atoms with Crippen LogP contribution >= 0.6 is 0 Å². The summed E-state index contributed by atoms with van der Waals surface area (Å²) in [6, 6.07) is 40.4. The lowest BCUT2D eigenvalue weighted by Crippen LogP contribution is -2.10. The van der Waals surface area contributed by atoms with Gasteiger partial charge in [0.05, 0.1) is 11.0 Å². The van der Waals surface area contributed by atoms with Gasteiger partial charge in [-0.25, -0.2) is 0 Å². The van der Waals surface area contributed by atoms with Gasteiger partial charge in [-0.1, -0.05) is 102 Å². The van der Waals surface area contributed by atoms with Crippen LogP contribution in [0, 0.1) is 0 Å².